The summed E-state index contributed by atoms with van der Waals surface area (Å²) in [6.45, 7) is 7.38. The molecule has 108 valence electrons. The van der Waals surface area contributed by atoms with Crippen LogP contribution in [0, 0.1) is 0 Å². The Labute approximate surface area is 116 Å². The third kappa shape index (κ3) is 5.16. The first-order valence-electron chi connectivity index (χ1n) is 6.22. The predicted octanol–water partition coefficient (Wildman–Crippen LogP) is 1.68. The lowest BCUT2D eigenvalue weighted by Crippen LogP contribution is -2.30. The molecule has 1 aromatic heterocycles. The number of nitrogens with one attached hydrogen (secondary N) is 1. The predicted molar refractivity (Wildman–Crippen MR) is 78.9 cm³/mol. The van der Waals surface area contributed by atoms with Crippen LogP contribution in [-0.4, -0.2) is 44.1 Å². The molecule has 0 aliphatic rings. The van der Waals surface area contributed by atoms with Gasteiger partial charge >= 0.3 is 0 Å². The molecule has 0 atom stereocenters. The highest BCUT2D eigenvalue weighted by molar-refractivity contribution is 7.88. The molecule has 0 aliphatic carbocycles. The smallest absolute Gasteiger partial charge is 0.211 e. The summed E-state index contributed by atoms with van der Waals surface area (Å²) in [6, 6.07) is 3.99. The molecule has 0 bridgehead atoms. The molecular formula is C13H23N3O2S. The fraction of sp³-hybridized carbons (Fsp3) is 0.615. The van der Waals surface area contributed by atoms with Gasteiger partial charge in [0.15, 0.2) is 0 Å². The molecule has 1 heterocycles. The van der Waals surface area contributed by atoms with E-state index in [9.17, 15) is 8.42 Å². The average Bonchev–Trinajstić information content (AvgIpc) is 2.27. The van der Waals surface area contributed by atoms with Crippen molar-refractivity contribution >= 4 is 15.8 Å². The zero-order chi connectivity index (χ0) is 14.7. The standard InChI is InChI=1S/C13H23N3O2S/c1-13(2,3)11-6-7-14-12(10-11)15-8-9-16(4)19(5,17)18/h6-7,10H,8-9H2,1-5H3,(H,14,15). The third-order valence-electron chi connectivity index (χ3n) is 2.92. The number of nitrogens with zero attached hydrogens (tertiary/aromatic N) is 2. The summed E-state index contributed by atoms with van der Waals surface area (Å²) >= 11 is 0. The van der Waals surface area contributed by atoms with Gasteiger partial charge < -0.3 is 5.32 Å². The highest BCUT2D eigenvalue weighted by Gasteiger charge is 2.14. The zero-order valence-electron chi connectivity index (χ0n) is 12.3. The van der Waals surface area contributed by atoms with E-state index in [4.69, 9.17) is 0 Å². The van der Waals surface area contributed by atoms with Crippen LogP contribution in [-0.2, 0) is 15.4 Å². The molecule has 0 fully saturated rings. The van der Waals surface area contributed by atoms with Crippen molar-refractivity contribution in [2.24, 2.45) is 0 Å². The van der Waals surface area contributed by atoms with Crippen molar-refractivity contribution in [3.63, 3.8) is 0 Å². The first-order valence-corrected chi connectivity index (χ1v) is 8.07. The molecule has 1 rings (SSSR count). The molecule has 0 saturated carbocycles. The van der Waals surface area contributed by atoms with Crippen molar-refractivity contribution in [1.29, 1.82) is 0 Å². The quantitative estimate of drug-likeness (QED) is 0.894. The number of rotatable bonds is 5. The topological polar surface area (TPSA) is 62.3 Å². The molecule has 0 radical (unpaired) electrons. The first kappa shape index (κ1) is 15.9. The summed E-state index contributed by atoms with van der Waals surface area (Å²) in [7, 11) is -1.55. The van der Waals surface area contributed by atoms with Crippen LogP contribution in [0.15, 0.2) is 18.3 Å². The Balaban J connectivity index is 2.60. The van der Waals surface area contributed by atoms with E-state index in [2.05, 4.69) is 31.1 Å². The van der Waals surface area contributed by atoms with Crippen molar-refractivity contribution in [2.45, 2.75) is 26.2 Å². The molecule has 6 heteroatoms. The lowest BCUT2D eigenvalue weighted by atomic mass is 9.88. The van der Waals surface area contributed by atoms with Crippen molar-refractivity contribution in [3.05, 3.63) is 23.9 Å². The molecular weight excluding hydrogens is 262 g/mol. The van der Waals surface area contributed by atoms with Crippen molar-refractivity contribution in [1.82, 2.24) is 9.29 Å². The Morgan fingerprint density at radius 1 is 1.37 bits per heavy atom. The molecule has 0 amide bonds. The summed E-state index contributed by atoms with van der Waals surface area (Å²) in [5.41, 5.74) is 1.27. The largest absolute Gasteiger partial charge is 0.369 e. The van der Waals surface area contributed by atoms with Gasteiger partial charge in [0.05, 0.1) is 6.26 Å². The lowest BCUT2D eigenvalue weighted by Gasteiger charge is -2.20. The van der Waals surface area contributed by atoms with E-state index < -0.39 is 10.0 Å². The van der Waals surface area contributed by atoms with Crippen LogP contribution in [0.4, 0.5) is 5.82 Å². The number of pyridine rings is 1. The maximum absolute atomic E-state index is 11.2. The number of anilines is 1. The second kappa shape index (κ2) is 5.88. The van der Waals surface area contributed by atoms with E-state index in [-0.39, 0.29) is 5.41 Å². The van der Waals surface area contributed by atoms with Crippen LogP contribution >= 0.6 is 0 Å². The van der Waals surface area contributed by atoms with Crippen LogP contribution in [0.25, 0.3) is 0 Å². The molecule has 0 aromatic carbocycles. The minimum absolute atomic E-state index is 0.0723. The third-order valence-corrected chi connectivity index (χ3v) is 4.24. The maximum atomic E-state index is 11.2. The summed E-state index contributed by atoms with van der Waals surface area (Å²) in [4.78, 5) is 4.23. The minimum atomic E-state index is -3.12. The van der Waals surface area contributed by atoms with Gasteiger partial charge in [0.1, 0.15) is 5.82 Å². The molecule has 1 aromatic rings. The highest BCUT2D eigenvalue weighted by Crippen LogP contribution is 2.23. The van der Waals surface area contributed by atoms with Gasteiger partial charge in [-0.1, -0.05) is 20.8 Å². The normalized spacial score (nSPS) is 12.7. The summed E-state index contributed by atoms with van der Waals surface area (Å²) in [5, 5.41) is 3.14. The second-order valence-electron chi connectivity index (χ2n) is 5.69. The molecule has 0 saturated heterocycles. The number of hydrogen-bond acceptors (Lipinski definition) is 4. The van der Waals surface area contributed by atoms with Crippen molar-refractivity contribution in [3.8, 4) is 0 Å². The summed E-state index contributed by atoms with van der Waals surface area (Å²) in [5.74, 6) is 0.773. The molecule has 0 unspecified atom stereocenters. The van der Waals surface area contributed by atoms with Crippen LogP contribution in [0.5, 0.6) is 0 Å². The van der Waals surface area contributed by atoms with Crippen LogP contribution in [0.1, 0.15) is 26.3 Å². The fourth-order valence-corrected chi connectivity index (χ4v) is 1.92. The van der Waals surface area contributed by atoms with Gasteiger partial charge in [0.25, 0.3) is 0 Å². The Morgan fingerprint density at radius 2 is 2.00 bits per heavy atom. The van der Waals surface area contributed by atoms with Gasteiger partial charge in [-0.3, -0.25) is 0 Å². The Kier molecular flexibility index (Phi) is 4.92. The van der Waals surface area contributed by atoms with Crippen molar-refractivity contribution in [2.75, 3.05) is 31.7 Å². The van der Waals surface area contributed by atoms with E-state index in [1.54, 1.807) is 13.2 Å². The monoisotopic (exact) mass is 285 g/mol. The summed E-state index contributed by atoms with van der Waals surface area (Å²) in [6.07, 6.45) is 2.97. The maximum Gasteiger partial charge on any atom is 0.211 e. The van der Waals surface area contributed by atoms with Gasteiger partial charge in [-0.05, 0) is 23.1 Å². The number of aromatic nitrogens is 1. The second-order valence-corrected chi connectivity index (χ2v) is 7.78. The molecule has 0 spiro atoms. The van der Waals surface area contributed by atoms with Crippen LogP contribution in [0.3, 0.4) is 0 Å². The molecule has 1 N–H and O–H groups in total. The SMILES string of the molecule is CN(CCNc1cc(C(C)(C)C)ccn1)S(C)(=O)=O. The Morgan fingerprint density at radius 3 is 2.53 bits per heavy atom. The van der Waals surface area contributed by atoms with E-state index in [1.807, 2.05) is 12.1 Å². The van der Waals surface area contributed by atoms with Crippen molar-refractivity contribution < 1.29 is 8.42 Å². The van der Waals surface area contributed by atoms with Gasteiger partial charge in [-0.25, -0.2) is 17.7 Å². The van der Waals surface area contributed by atoms with E-state index in [0.717, 1.165) is 5.82 Å². The fourth-order valence-electron chi connectivity index (χ4n) is 1.50. The van der Waals surface area contributed by atoms with Gasteiger partial charge in [0, 0.05) is 26.3 Å². The van der Waals surface area contributed by atoms with Crippen LogP contribution < -0.4 is 5.32 Å². The average molecular weight is 285 g/mol. The van der Waals surface area contributed by atoms with Gasteiger partial charge in [0.2, 0.25) is 10.0 Å². The summed E-state index contributed by atoms with van der Waals surface area (Å²) < 4.78 is 23.8. The van der Waals surface area contributed by atoms with E-state index in [1.165, 1.54) is 16.1 Å². The van der Waals surface area contributed by atoms with E-state index in [0.29, 0.717) is 13.1 Å². The minimum Gasteiger partial charge on any atom is -0.369 e. The number of sulfonamides is 1. The van der Waals surface area contributed by atoms with Gasteiger partial charge in [-0.15, -0.1) is 0 Å². The van der Waals surface area contributed by atoms with Crippen LogP contribution in [0.2, 0.25) is 0 Å². The number of hydrogen-bond donors (Lipinski definition) is 1. The van der Waals surface area contributed by atoms with Gasteiger partial charge in [-0.2, -0.15) is 0 Å². The highest BCUT2D eigenvalue weighted by atomic mass is 32.2. The zero-order valence-corrected chi connectivity index (χ0v) is 13.1. The van der Waals surface area contributed by atoms with E-state index >= 15 is 0 Å². The lowest BCUT2D eigenvalue weighted by molar-refractivity contribution is 0.486. The molecule has 19 heavy (non-hydrogen) atoms. The first-order chi connectivity index (χ1) is 8.60. The number of likely N-dealkylation sites (N-methyl/N-ethyl adjacent to an activating group) is 1. The molecule has 0 aliphatic heterocycles. The Bertz CT molecular complexity index is 521. The Hall–Kier alpha value is -1.14. The molecule has 5 nitrogen and oxygen atoms in total.